The lowest BCUT2D eigenvalue weighted by atomic mass is 10.2. The zero-order valence-electron chi connectivity index (χ0n) is 15.8. The predicted molar refractivity (Wildman–Crippen MR) is 115 cm³/mol. The number of hydrogen-bond acceptors (Lipinski definition) is 8. The van der Waals surface area contributed by atoms with Gasteiger partial charge in [0.2, 0.25) is 0 Å². The van der Waals surface area contributed by atoms with Crippen molar-refractivity contribution in [1.29, 1.82) is 5.26 Å². The Morgan fingerprint density at radius 1 is 1.52 bits per heavy atom. The number of thiocarbonyl (C=S) groups is 1. The molecule has 1 aromatic carbocycles. The van der Waals surface area contributed by atoms with Crippen LogP contribution in [-0.2, 0) is 9.53 Å². The van der Waals surface area contributed by atoms with Gasteiger partial charge >= 0.3 is 5.97 Å². The molecule has 1 heterocycles. The number of anilines is 1. The van der Waals surface area contributed by atoms with Gasteiger partial charge in [0.05, 0.1) is 17.1 Å². The highest BCUT2D eigenvalue weighted by atomic mass is 32.2. The third-order valence-corrected chi connectivity index (χ3v) is 5.49. The fourth-order valence-electron chi connectivity index (χ4n) is 2.69. The smallest absolute Gasteiger partial charge is 0.351 e. The second kappa shape index (κ2) is 11.2. The standard InChI is InChI=1S/C18H21N5O4S2/c1-27-17(24)15(12-19)16-22(9-4-10-29-16)8-3-7-20-18(28)21-13-5-2-6-14(11-13)23(25)26/h2,5-6,11H,3-4,7-10H2,1H3,(H2,20,21,28)/b16-15-. The molecule has 29 heavy (non-hydrogen) atoms. The maximum Gasteiger partial charge on any atom is 0.351 e. The molecule has 0 aromatic heterocycles. The van der Waals surface area contributed by atoms with Crippen molar-refractivity contribution < 1.29 is 14.5 Å². The zero-order chi connectivity index (χ0) is 21.2. The molecular formula is C18H21N5O4S2. The molecule has 0 radical (unpaired) electrons. The van der Waals surface area contributed by atoms with E-state index in [1.165, 1.54) is 31.0 Å². The largest absolute Gasteiger partial charge is 0.465 e. The van der Waals surface area contributed by atoms with Gasteiger partial charge in [-0.05, 0) is 31.1 Å². The third-order valence-electron chi connectivity index (χ3n) is 4.02. The van der Waals surface area contributed by atoms with Gasteiger partial charge in [-0.15, -0.1) is 11.8 Å². The fraction of sp³-hybridized carbons (Fsp3) is 0.389. The second-order valence-corrected chi connectivity index (χ2v) is 7.51. The van der Waals surface area contributed by atoms with Crippen LogP contribution in [0.4, 0.5) is 11.4 Å². The first kappa shape index (κ1) is 22.4. The minimum Gasteiger partial charge on any atom is -0.465 e. The zero-order valence-corrected chi connectivity index (χ0v) is 17.5. The molecule has 9 nitrogen and oxygen atoms in total. The van der Waals surface area contributed by atoms with Crippen LogP contribution in [0.5, 0.6) is 0 Å². The Morgan fingerprint density at radius 2 is 2.31 bits per heavy atom. The van der Waals surface area contributed by atoms with E-state index in [4.69, 9.17) is 17.0 Å². The van der Waals surface area contributed by atoms with Crippen molar-refractivity contribution >= 4 is 46.4 Å². The highest BCUT2D eigenvalue weighted by molar-refractivity contribution is 8.03. The lowest BCUT2D eigenvalue weighted by Crippen LogP contribution is -2.34. The molecule has 2 rings (SSSR count). The van der Waals surface area contributed by atoms with Crippen LogP contribution in [0.25, 0.3) is 0 Å². The summed E-state index contributed by atoms with van der Waals surface area (Å²) in [5, 5.41) is 27.1. The van der Waals surface area contributed by atoms with Gasteiger partial charge in [-0.2, -0.15) is 5.26 Å². The number of thioether (sulfide) groups is 1. The molecule has 0 spiro atoms. The summed E-state index contributed by atoms with van der Waals surface area (Å²) in [4.78, 5) is 24.2. The Hall–Kier alpha value is -2.84. The van der Waals surface area contributed by atoms with E-state index in [1.807, 2.05) is 11.0 Å². The number of non-ortho nitro benzene ring substituents is 1. The number of esters is 1. The van der Waals surface area contributed by atoms with Crippen LogP contribution in [0.2, 0.25) is 0 Å². The highest BCUT2D eigenvalue weighted by Crippen LogP contribution is 2.30. The lowest BCUT2D eigenvalue weighted by Gasteiger charge is -2.31. The van der Waals surface area contributed by atoms with E-state index in [2.05, 4.69) is 10.6 Å². The van der Waals surface area contributed by atoms with Crippen LogP contribution in [0.15, 0.2) is 34.9 Å². The molecule has 0 bridgehead atoms. The third kappa shape index (κ3) is 6.62. The van der Waals surface area contributed by atoms with Gasteiger partial charge in [0, 0.05) is 43.2 Å². The Bertz CT molecular complexity index is 853. The van der Waals surface area contributed by atoms with Crippen LogP contribution < -0.4 is 10.6 Å². The molecule has 0 amide bonds. The molecule has 0 atom stereocenters. The summed E-state index contributed by atoms with van der Waals surface area (Å²) in [6, 6.07) is 8.04. The van der Waals surface area contributed by atoms with Crippen molar-refractivity contribution in [2.24, 2.45) is 0 Å². The number of benzene rings is 1. The van der Waals surface area contributed by atoms with Crippen LogP contribution in [0.1, 0.15) is 12.8 Å². The number of methoxy groups -OCH3 is 1. The number of nitrogens with zero attached hydrogens (tertiary/aromatic N) is 3. The first-order valence-electron chi connectivity index (χ1n) is 8.86. The Kier molecular flexibility index (Phi) is 8.69. The summed E-state index contributed by atoms with van der Waals surface area (Å²) in [5.41, 5.74) is 0.553. The van der Waals surface area contributed by atoms with E-state index in [0.29, 0.717) is 28.9 Å². The summed E-state index contributed by atoms with van der Waals surface area (Å²) >= 11 is 6.71. The summed E-state index contributed by atoms with van der Waals surface area (Å²) < 4.78 is 4.70. The van der Waals surface area contributed by atoms with Crippen molar-refractivity contribution in [3.05, 3.63) is 45.0 Å². The molecule has 11 heteroatoms. The van der Waals surface area contributed by atoms with Gasteiger partial charge < -0.3 is 20.3 Å². The van der Waals surface area contributed by atoms with E-state index < -0.39 is 10.9 Å². The van der Waals surface area contributed by atoms with Crippen LogP contribution in [0, 0.1) is 21.4 Å². The summed E-state index contributed by atoms with van der Waals surface area (Å²) in [6.45, 7) is 1.98. The number of carbonyl (C=O) groups is 1. The minimum absolute atomic E-state index is 0.0152. The van der Waals surface area contributed by atoms with Crippen LogP contribution in [-0.4, -0.2) is 53.4 Å². The highest BCUT2D eigenvalue weighted by Gasteiger charge is 2.24. The second-order valence-electron chi connectivity index (χ2n) is 6.01. The summed E-state index contributed by atoms with van der Waals surface area (Å²) in [7, 11) is 1.26. The average molecular weight is 436 g/mol. The molecule has 1 aliphatic rings. The van der Waals surface area contributed by atoms with E-state index in [-0.39, 0.29) is 11.3 Å². The molecule has 1 fully saturated rings. The first-order chi connectivity index (χ1) is 14.0. The van der Waals surface area contributed by atoms with Crippen LogP contribution >= 0.6 is 24.0 Å². The van der Waals surface area contributed by atoms with Gasteiger partial charge in [0.15, 0.2) is 10.7 Å². The van der Waals surface area contributed by atoms with Gasteiger partial charge in [-0.25, -0.2) is 4.79 Å². The van der Waals surface area contributed by atoms with Gasteiger partial charge in [-0.1, -0.05) is 6.07 Å². The van der Waals surface area contributed by atoms with Crippen molar-refractivity contribution in [3.63, 3.8) is 0 Å². The number of nitriles is 1. The molecule has 0 aliphatic carbocycles. The average Bonchev–Trinajstić information content (AvgIpc) is 2.72. The fourth-order valence-corrected chi connectivity index (χ4v) is 4.01. The van der Waals surface area contributed by atoms with Crippen molar-refractivity contribution in [1.82, 2.24) is 10.2 Å². The van der Waals surface area contributed by atoms with Crippen molar-refractivity contribution in [2.45, 2.75) is 12.8 Å². The maximum absolute atomic E-state index is 11.8. The summed E-state index contributed by atoms with van der Waals surface area (Å²) in [5.74, 6) is 0.228. The molecule has 1 aromatic rings. The van der Waals surface area contributed by atoms with E-state index in [0.717, 1.165) is 25.1 Å². The maximum atomic E-state index is 11.8. The number of nitrogens with one attached hydrogen (secondary N) is 2. The topological polar surface area (TPSA) is 121 Å². The monoisotopic (exact) mass is 435 g/mol. The van der Waals surface area contributed by atoms with Gasteiger partial charge in [0.1, 0.15) is 6.07 Å². The predicted octanol–water partition coefficient (Wildman–Crippen LogP) is 2.62. The number of hydrogen-bond donors (Lipinski definition) is 2. The lowest BCUT2D eigenvalue weighted by molar-refractivity contribution is -0.384. The minimum atomic E-state index is -0.623. The molecule has 0 saturated carbocycles. The normalized spacial score (nSPS) is 15.1. The number of nitro groups is 1. The van der Waals surface area contributed by atoms with Gasteiger partial charge in [-0.3, -0.25) is 10.1 Å². The SMILES string of the molecule is COC(=O)/C(C#N)=C1\SCCCN1CCCNC(=S)Nc1cccc([N+](=O)[O-])c1. The molecule has 2 N–H and O–H groups in total. The van der Waals surface area contributed by atoms with Gasteiger partial charge in [0.25, 0.3) is 5.69 Å². The molecule has 154 valence electrons. The van der Waals surface area contributed by atoms with Crippen LogP contribution in [0.3, 0.4) is 0 Å². The molecule has 0 unspecified atom stereocenters. The summed E-state index contributed by atoms with van der Waals surface area (Å²) in [6.07, 6.45) is 1.69. The Labute approximate surface area is 178 Å². The number of ether oxygens (including phenoxy) is 1. The van der Waals surface area contributed by atoms with E-state index in [1.54, 1.807) is 12.1 Å². The van der Waals surface area contributed by atoms with Crippen molar-refractivity contribution in [2.75, 3.05) is 37.8 Å². The Morgan fingerprint density at radius 3 is 3.00 bits per heavy atom. The number of carbonyl (C=O) groups excluding carboxylic acids is 1. The first-order valence-corrected chi connectivity index (χ1v) is 10.3. The van der Waals surface area contributed by atoms with E-state index >= 15 is 0 Å². The molecule has 1 aliphatic heterocycles. The number of rotatable bonds is 7. The number of nitro benzene ring substituents is 1. The Balaban J connectivity index is 1.85. The van der Waals surface area contributed by atoms with E-state index in [9.17, 15) is 20.2 Å². The van der Waals surface area contributed by atoms with Crippen molar-refractivity contribution in [3.8, 4) is 6.07 Å². The molecule has 1 saturated heterocycles. The molecular weight excluding hydrogens is 414 g/mol. The quantitative estimate of drug-likeness (QED) is 0.126.